The topological polar surface area (TPSA) is 132 Å². The van der Waals surface area contributed by atoms with Gasteiger partial charge in [-0.3, -0.25) is 14.4 Å². The van der Waals surface area contributed by atoms with Crippen LogP contribution in [0.2, 0.25) is 0 Å². The molecule has 35 heavy (non-hydrogen) atoms. The number of fused-ring (bicyclic) bond motifs is 1. The lowest BCUT2D eigenvalue weighted by Gasteiger charge is -2.12. The van der Waals surface area contributed by atoms with Gasteiger partial charge in [0.15, 0.2) is 5.78 Å². The lowest BCUT2D eigenvalue weighted by molar-refractivity contribution is -0.121. The maximum atomic E-state index is 12.8. The number of aromatic amines is 2. The zero-order valence-corrected chi connectivity index (χ0v) is 19.4. The van der Waals surface area contributed by atoms with Gasteiger partial charge in [-0.25, -0.2) is 10.4 Å². The number of benzene rings is 2. The Kier molecular flexibility index (Phi) is 5.74. The molecule has 1 aliphatic heterocycles. The van der Waals surface area contributed by atoms with Gasteiger partial charge in [0, 0.05) is 28.8 Å². The summed E-state index contributed by atoms with van der Waals surface area (Å²) in [6.45, 7) is 4.01. The second-order valence-electron chi connectivity index (χ2n) is 8.53. The molecule has 0 fully saturated rings. The minimum absolute atomic E-state index is 0.0628. The minimum atomic E-state index is -0.261. The van der Waals surface area contributed by atoms with Crippen molar-refractivity contribution in [3.63, 3.8) is 0 Å². The van der Waals surface area contributed by atoms with Crippen molar-refractivity contribution in [1.82, 2.24) is 25.7 Å². The quantitative estimate of drug-likeness (QED) is 0.323. The fourth-order valence-corrected chi connectivity index (χ4v) is 4.26. The van der Waals surface area contributed by atoms with Crippen LogP contribution in [0.4, 0.5) is 0 Å². The van der Waals surface area contributed by atoms with Crippen LogP contribution in [0.3, 0.4) is 0 Å². The molecule has 0 bridgehead atoms. The Labute approximate surface area is 201 Å². The summed E-state index contributed by atoms with van der Waals surface area (Å²) < 4.78 is 0. The number of carbonyl (C=O) groups excluding carboxylic acids is 3. The molecular formula is C26H24N6O3. The van der Waals surface area contributed by atoms with Crippen molar-refractivity contribution in [2.24, 2.45) is 5.10 Å². The molecule has 0 atom stereocenters. The van der Waals surface area contributed by atoms with E-state index in [1.54, 1.807) is 24.3 Å². The van der Waals surface area contributed by atoms with Crippen molar-refractivity contribution >= 4 is 34.3 Å². The number of hydrogen-bond acceptors (Lipinski definition) is 5. The fraction of sp³-hybridized carbons (Fsp3) is 0.192. The Hall–Kier alpha value is -4.53. The van der Waals surface area contributed by atoms with E-state index in [4.69, 9.17) is 4.98 Å². The minimum Gasteiger partial charge on any atom is -0.354 e. The summed E-state index contributed by atoms with van der Waals surface area (Å²) in [6, 6.07) is 14.5. The molecule has 0 spiro atoms. The predicted molar refractivity (Wildman–Crippen MR) is 132 cm³/mol. The lowest BCUT2D eigenvalue weighted by Crippen LogP contribution is -2.35. The van der Waals surface area contributed by atoms with Crippen LogP contribution in [0.1, 0.15) is 50.5 Å². The Bertz CT molecular complexity index is 1500. The number of imidazole rings is 1. The van der Waals surface area contributed by atoms with Crippen molar-refractivity contribution in [2.75, 3.05) is 6.54 Å². The van der Waals surface area contributed by atoms with E-state index in [2.05, 4.69) is 25.8 Å². The van der Waals surface area contributed by atoms with Crippen LogP contribution >= 0.6 is 0 Å². The van der Waals surface area contributed by atoms with Crippen molar-refractivity contribution in [1.29, 1.82) is 0 Å². The Morgan fingerprint density at radius 3 is 2.54 bits per heavy atom. The van der Waals surface area contributed by atoms with Crippen molar-refractivity contribution in [3.05, 3.63) is 76.6 Å². The van der Waals surface area contributed by atoms with Gasteiger partial charge in [-0.15, -0.1) is 0 Å². The van der Waals surface area contributed by atoms with E-state index in [-0.39, 0.29) is 24.1 Å². The van der Waals surface area contributed by atoms with Crippen molar-refractivity contribution in [2.45, 2.75) is 26.7 Å². The standard InChI is InChI=1S/C26H24N6O3/c1-14-22(15(2)28-23(14)26(35)27-13-18-9-11-21(33)32-31-18)25-29-19-10-8-17(12-20(19)30-25)24(34)16-6-4-3-5-7-16/h3-8,10,12,28H,9,11,13H2,1-2H3,(H,27,35)(H,29,30)(H,32,33). The first-order valence-corrected chi connectivity index (χ1v) is 11.3. The SMILES string of the molecule is Cc1[nH]c(C(=O)NCC2=NNC(=O)CC2)c(C)c1-c1nc2cc(C(=O)c3ccccc3)ccc2[nH]1. The number of rotatable bonds is 6. The second-order valence-corrected chi connectivity index (χ2v) is 8.53. The van der Waals surface area contributed by atoms with Crippen molar-refractivity contribution < 1.29 is 14.4 Å². The van der Waals surface area contributed by atoms with Crippen LogP contribution in [0.15, 0.2) is 53.6 Å². The predicted octanol–water partition coefficient (Wildman–Crippen LogP) is 3.40. The van der Waals surface area contributed by atoms with Crippen molar-refractivity contribution in [3.8, 4) is 11.4 Å². The van der Waals surface area contributed by atoms with Gasteiger partial charge in [-0.05, 0) is 44.0 Å². The Morgan fingerprint density at radius 1 is 1.00 bits per heavy atom. The number of aryl methyl sites for hydroxylation is 1. The van der Waals surface area contributed by atoms with E-state index < -0.39 is 0 Å². The zero-order valence-electron chi connectivity index (χ0n) is 19.4. The molecule has 0 radical (unpaired) electrons. The molecular weight excluding hydrogens is 444 g/mol. The number of ketones is 1. The number of aromatic nitrogens is 3. The van der Waals surface area contributed by atoms with Crippen LogP contribution < -0.4 is 10.7 Å². The monoisotopic (exact) mass is 468 g/mol. The van der Waals surface area contributed by atoms with Crippen LogP contribution in [0, 0.1) is 13.8 Å². The van der Waals surface area contributed by atoms with Gasteiger partial charge in [0.25, 0.3) is 5.91 Å². The normalized spacial score (nSPS) is 13.4. The van der Waals surface area contributed by atoms with Crippen LogP contribution in [0.5, 0.6) is 0 Å². The summed E-state index contributed by atoms with van der Waals surface area (Å²) in [5.41, 5.74) is 8.62. The number of nitrogens with zero attached hydrogens (tertiary/aromatic N) is 2. The summed E-state index contributed by atoms with van der Waals surface area (Å²) in [5.74, 6) is 0.173. The van der Waals surface area contributed by atoms with Gasteiger partial charge in [0.1, 0.15) is 11.5 Å². The number of H-pyrrole nitrogens is 2. The largest absolute Gasteiger partial charge is 0.354 e. The molecule has 0 unspecified atom stereocenters. The molecule has 4 aromatic rings. The van der Waals surface area contributed by atoms with Crippen LogP contribution in [0.25, 0.3) is 22.4 Å². The van der Waals surface area contributed by atoms with Gasteiger partial charge < -0.3 is 15.3 Å². The number of hydrogen-bond donors (Lipinski definition) is 4. The van der Waals surface area contributed by atoms with E-state index in [9.17, 15) is 14.4 Å². The Morgan fingerprint density at radius 2 is 1.80 bits per heavy atom. The van der Waals surface area contributed by atoms with E-state index in [1.807, 2.05) is 38.1 Å². The summed E-state index contributed by atoms with van der Waals surface area (Å²) in [6.07, 6.45) is 0.887. The molecule has 2 amide bonds. The summed E-state index contributed by atoms with van der Waals surface area (Å²) in [5, 5.41) is 6.84. The van der Waals surface area contributed by atoms with E-state index in [0.717, 1.165) is 28.0 Å². The molecule has 9 nitrogen and oxygen atoms in total. The van der Waals surface area contributed by atoms with Crippen LogP contribution in [-0.4, -0.2) is 44.8 Å². The average molecular weight is 469 g/mol. The molecule has 2 aromatic carbocycles. The first-order chi connectivity index (χ1) is 16.9. The number of amides is 2. The van der Waals surface area contributed by atoms with E-state index >= 15 is 0 Å². The maximum absolute atomic E-state index is 12.8. The summed E-state index contributed by atoms with van der Waals surface area (Å²) >= 11 is 0. The number of hydrazone groups is 1. The average Bonchev–Trinajstić information content (AvgIpc) is 3.42. The highest BCUT2D eigenvalue weighted by atomic mass is 16.2. The number of nitrogens with one attached hydrogen (secondary N) is 4. The van der Waals surface area contributed by atoms with E-state index in [1.165, 1.54) is 0 Å². The van der Waals surface area contributed by atoms with Crippen LogP contribution in [-0.2, 0) is 4.79 Å². The van der Waals surface area contributed by atoms with Gasteiger partial charge in [-0.1, -0.05) is 30.3 Å². The zero-order chi connectivity index (χ0) is 24.5. The lowest BCUT2D eigenvalue weighted by atomic mass is 10.0. The molecule has 0 aliphatic carbocycles. The second kappa shape index (κ2) is 9.02. The van der Waals surface area contributed by atoms with E-state index in [0.29, 0.717) is 41.0 Å². The summed E-state index contributed by atoms with van der Waals surface area (Å²) in [7, 11) is 0. The first-order valence-electron chi connectivity index (χ1n) is 11.3. The third-order valence-corrected chi connectivity index (χ3v) is 6.11. The highest BCUT2D eigenvalue weighted by Crippen LogP contribution is 2.29. The maximum Gasteiger partial charge on any atom is 0.268 e. The first kappa shape index (κ1) is 22.3. The molecule has 2 aromatic heterocycles. The molecule has 4 N–H and O–H groups in total. The smallest absolute Gasteiger partial charge is 0.268 e. The molecule has 0 saturated carbocycles. The van der Waals surface area contributed by atoms with Gasteiger partial charge >= 0.3 is 0 Å². The molecule has 1 aliphatic rings. The molecule has 5 rings (SSSR count). The third kappa shape index (κ3) is 4.35. The Balaban J connectivity index is 1.39. The number of carbonyl (C=O) groups is 3. The summed E-state index contributed by atoms with van der Waals surface area (Å²) in [4.78, 5) is 48.1. The van der Waals surface area contributed by atoms with Gasteiger partial charge in [0.2, 0.25) is 5.91 Å². The molecule has 3 heterocycles. The molecule has 9 heteroatoms. The highest BCUT2D eigenvalue weighted by Gasteiger charge is 2.22. The third-order valence-electron chi connectivity index (χ3n) is 6.11. The molecule has 0 saturated heterocycles. The fourth-order valence-electron chi connectivity index (χ4n) is 4.26. The van der Waals surface area contributed by atoms with Gasteiger partial charge in [-0.2, -0.15) is 5.10 Å². The molecule has 176 valence electrons. The van der Waals surface area contributed by atoms with Gasteiger partial charge in [0.05, 0.1) is 23.3 Å². The highest BCUT2D eigenvalue weighted by molar-refractivity contribution is 6.10.